The van der Waals surface area contributed by atoms with Crippen molar-refractivity contribution in [1.82, 2.24) is 10.3 Å². The number of halogens is 1. The molecule has 1 aromatic carbocycles. The molecule has 0 aliphatic rings. The number of methoxy groups -OCH3 is 1. The van der Waals surface area contributed by atoms with E-state index in [9.17, 15) is 4.79 Å². The van der Waals surface area contributed by atoms with Crippen molar-refractivity contribution in [3.63, 3.8) is 0 Å². The van der Waals surface area contributed by atoms with Crippen LogP contribution in [0.1, 0.15) is 11.1 Å². The van der Waals surface area contributed by atoms with E-state index in [1.54, 1.807) is 19.4 Å². The first kappa shape index (κ1) is 15.3. The van der Waals surface area contributed by atoms with Gasteiger partial charge in [-0.15, -0.1) is 0 Å². The molecule has 0 saturated heterocycles. The van der Waals surface area contributed by atoms with Gasteiger partial charge in [-0.05, 0) is 29.8 Å². The summed E-state index contributed by atoms with van der Waals surface area (Å²) in [5.41, 5.74) is 1.80. The maximum Gasteiger partial charge on any atom is 0.244 e. The first-order valence-corrected chi connectivity index (χ1v) is 7.17. The fourth-order valence-electron chi connectivity index (χ4n) is 1.73. The topological polar surface area (TPSA) is 51.2 Å². The molecule has 4 nitrogen and oxygen atoms in total. The second kappa shape index (κ2) is 7.59. The van der Waals surface area contributed by atoms with Crippen LogP contribution in [-0.4, -0.2) is 18.0 Å². The Balaban J connectivity index is 1.91. The zero-order chi connectivity index (χ0) is 15.1. The molecule has 0 spiro atoms. The van der Waals surface area contributed by atoms with Gasteiger partial charge in [0, 0.05) is 28.9 Å². The molecule has 0 unspecified atom stereocenters. The Morgan fingerprint density at radius 2 is 2.10 bits per heavy atom. The summed E-state index contributed by atoms with van der Waals surface area (Å²) < 4.78 is 6.14. The summed E-state index contributed by atoms with van der Waals surface area (Å²) in [6.07, 6.45) is 4.92. The Hall–Kier alpha value is -2.14. The highest BCUT2D eigenvalue weighted by Gasteiger charge is 2.03. The zero-order valence-corrected chi connectivity index (χ0v) is 13.1. The third-order valence-electron chi connectivity index (χ3n) is 2.79. The minimum Gasteiger partial charge on any atom is -0.481 e. The summed E-state index contributed by atoms with van der Waals surface area (Å²) in [6.45, 7) is 0.376. The van der Waals surface area contributed by atoms with Gasteiger partial charge in [0.2, 0.25) is 11.8 Å². The Morgan fingerprint density at radius 3 is 2.81 bits per heavy atom. The number of nitrogens with one attached hydrogen (secondary N) is 1. The molecular formula is C16H15BrN2O2. The molecule has 0 saturated carbocycles. The first-order valence-electron chi connectivity index (χ1n) is 6.38. The summed E-state index contributed by atoms with van der Waals surface area (Å²) in [7, 11) is 1.56. The Bertz CT molecular complexity index is 639. The molecule has 1 heterocycles. The number of benzene rings is 1. The molecule has 0 atom stereocenters. The zero-order valence-electron chi connectivity index (χ0n) is 11.5. The normalized spacial score (nSPS) is 10.6. The van der Waals surface area contributed by atoms with Gasteiger partial charge in [-0.1, -0.05) is 34.1 Å². The lowest BCUT2D eigenvalue weighted by Crippen LogP contribution is -2.20. The fraction of sp³-hybridized carbons (Fsp3) is 0.125. The van der Waals surface area contributed by atoms with Crippen molar-refractivity contribution in [2.24, 2.45) is 0 Å². The molecule has 108 valence electrons. The van der Waals surface area contributed by atoms with Crippen LogP contribution >= 0.6 is 15.9 Å². The molecule has 21 heavy (non-hydrogen) atoms. The molecule has 1 aromatic heterocycles. The molecule has 0 fully saturated rings. The van der Waals surface area contributed by atoms with Crippen molar-refractivity contribution in [2.75, 3.05) is 7.11 Å². The highest BCUT2D eigenvalue weighted by Crippen LogP contribution is 2.13. The average Bonchev–Trinajstić information content (AvgIpc) is 2.52. The van der Waals surface area contributed by atoms with Gasteiger partial charge in [-0.2, -0.15) is 0 Å². The van der Waals surface area contributed by atoms with Crippen LogP contribution in [0.15, 0.2) is 53.1 Å². The van der Waals surface area contributed by atoms with Crippen molar-refractivity contribution in [2.45, 2.75) is 6.54 Å². The number of rotatable bonds is 5. The molecule has 0 aliphatic heterocycles. The Morgan fingerprint density at radius 1 is 1.33 bits per heavy atom. The predicted octanol–water partition coefficient (Wildman–Crippen LogP) is 3.18. The largest absolute Gasteiger partial charge is 0.481 e. The summed E-state index contributed by atoms with van der Waals surface area (Å²) in [4.78, 5) is 15.9. The van der Waals surface area contributed by atoms with E-state index >= 15 is 0 Å². The lowest BCUT2D eigenvalue weighted by molar-refractivity contribution is -0.116. The van der Waals surface area contributed by atoms with E-state index < -0.39 is 0 Å². The monoisotopic (exact) mass is 346 g/mol. The standard InChI is InChI=1S/C16H15BrN2O2/c1-21-16-13(3-2-10-18-16)11-19-15(20)9-6-12-4-7-14(17)8-5-12/h2-10H,11H2,1H3,(H,19,20)/b9-6+. The van der Waals surface area contributed by atoms with E-state index in [0.29, 0.717) is 12.4 Å². The molecule has 2 rings (SSSR count). The van der Waals surface area contributed by atoms with Crippen molar-refractivity contribution in [1.29, 1.82) is 0 Å². The van der Waals surface area contributed by atoms with E-state index in [-0.39, 0.29) is 5.91 Å². The van der Waals surface area contributed by atoms with E-state index in [1.807, 2.05) is 36.4 Å². The number of carbonyl (C=O) groups is 1. The van der Waals surface area contributed by atoms with Crippen LogP contribution < -0.4 is 10.1 Å². The van der Waals surface area contributed by atoms with E-state index in [2.05, 4.69) is 26.2 Å². The molecule has 1 amide bonds. The first-order chi connectivity index (χ1) is 10.2. The number of hydrogen-bond donors (Lipinski definition) is 1. The number of carbonyl (C=O) groups excluding carboxylic acids is 1. The molecule has 5 heteroatoms. The number of aromatic nitrogens is 1. The van der Waals surface area contributed by atoms with Crippen LogP contribution in [0, 0.1) is 0 Å². The van der Waals surface area contributed by atoms with Gasteiger partial charge in [0.25, 0.3) is 0 Å². The quantitative estimate of drug-likeness (QED) is 0.846. The molecule has 2 aromatic rings. The molecule has 0 radical (unpaired) electrons. The van der Waals surface area contributed by atoms with Crippen molar-refractivity contribution >= 4 is 27.9 Å². The Kier molecular flexibility index (Phi) is 5.51. The van der Waals surface area contributed by atoms with Gasteiger partial charge >= 0.3 is 0 Å². The van der Waals surface area contributed by atoms with Gasteiger partial charge in [-0.3, -0.25) is 4.79 Å². The summed E-state index contributed by atoms with van der Waals surface area (Å²) >= 11 is 3.37. The summed E-state index contributed by atoms with van der Waals surface area (Å²) in [5.74, 6) is 0.360. The van der Waals surface area contributed by atoms with Crippen molar-refractivity contribution < 1.29 is 9.53 Å². The maximum absolute atomic E-state index is 11.8. The average molecular weight is 347 g/mol. The number of pyridine rings is 1. The minimum absolute atomic E-state index is 0.163. The van der Waals surface area contributed by atoms with Crippen LogP contribution in [-0.2, 0) is 11.3 Å². The van der Waals surface area contributed by atoms with Crippen LogP contribution in [0.25, 0.3) is 6.08 Å². The van der Waals surface area contributed by atoms with E-state index in [4.69, 9.17) is 4.74 Å². The van der Waals surface area contributed by atoms with Crippen molar-refractivity contribution in [3.05, 3.63) is 64.3 Å². The molecule has 0 aliphatic carbocycles. The predicted molar refractivity (Wildman–Crippen MR) is 85.8 cm³/mol. The Labute approximate surface area is 132 Å². The molecule has 0 bridgehead atoms. The van der Waals surface area contributed by atoms with Crippen LogP contribution in [0.2, 0.25) is 0 Å². The highest BCUT2D eigenvalue weighted by atomic mass is 79.9. The van der Waals surface area contributed by atoms with Crippen molar-refractivity contribution in [3.8, 4) is 5.88 Å². The van der Waals surface area contributed by atoms with Gasteiger partial charge in [-0.25, -0.2) is 4.98 Å². The number of hydrogen-bond acceptors (Lipinski definition) is 3. The van der Waals surface area contributed by atoms with Gasteiger partial charge in [0.15, 0.2) is 0 Å². The van der Waals surface area contributed by atoms with Gasteiger partial charge in [0.1, 0.15) is 0 Å². The van der Waals surface area contributed by atoms with Gasteiger partial charge in [0.05, 0.1) is 7.11 Å². The third kappa shape index (κ3) is 4.72. The van der Waals surface area contributed by atoms with Crippen LogP contribution in [0.4, 0.5) is 0 Å². The lowest BCUT2D eigenvalue weighted by Gasteiger charge is -2.06. The SMILES string of the molecule is COc1ncccc1CNC(=O)/C=C/c1ccc(Br)cc1. The second-order valence-corrected chi connectivity index (χ2v) is 5.19. The molecule has 1 N–H and O–H groups in total. The fourth-order valence-corrected chi connectivity index (χ4v) is 1.99. The summed E-state index contributed by atoms with van der Waals surface area (Å²) in [5, 5.41) is 2.80. The van der Waals surface area contributed by atoms with Gasteiger partial charge < -0.3 is 10.1 Å². The maximum atomic E-state index is 11.8. The van der Waals surface area contributed by atoms with E-state index in [0.717, 1.165) is 15.6 Å². The second-order valence-electron chi connectivity index (χ2n) is 4.27. The minimum atomic E-state index is -0.163. The molecular weight excluding hydrogens is 332 g/mol. The number of ether oxygens (including phenoxy) is 1. The summed E-state index contributed by atoms with van der Waals surface area (Å²) in [6, 6.07) is 11.4. The number of nitrogens with zero attached hydrogens (tertiary/aromatic N) is 1. The van der Waals surface area contributed by atoms with Crippen LogP contribution in [0.5, 0.6) is 5.88 Å². The smallest absolute Gasteiger partial charge is 0.244 e. The number of amides is 1. The lowest BCUT2D eigenvalue weighted by atomic mass is 10.2. The van der Waals surface area contributed by atoms with Crippen LogP contribution in [0.3, 0.4) is 0 Å². The third-order valence-corrected chi connectivity index (χ3v) is 3.32. The van der Waals surface area contributed by atoms with E-state index in [1.165, 1.54) is 6.08 Å². The highest BCUT2D eigenvalue weighted by molar-refractivity contribution is 9.10.